The second kappa shape index (κ2) is 6.44. The van der Waals surface area contributed by atoms with Crippen molar-refractivity contribution in [2.75, 3.05) is 12.8 Å². The largest absolute Gasteiger partial charge is 0.392 e. The van der Waals surface area contributed by atoms with Gasteiger partial charge in [0.1, 0.15) is 0 Å². The Morgan fingerprint density at radius 3 is 2.53 bits per heavy atom. The fraction of sp³-hybridized carbons (Fsp3) is 1.00. The van der Waals surface area contributed by atoms with Crippen molar-refractivity contribution in [3.63, 3.8) is 0 Å². The molecule has 17 heavy (non-hydrogen) atoms. The van der Waals surface area contributed by atoms with Gasteiger partial charge in [-0.15, -0.1) is 0 Å². The molecule has 0 spiro atoms. The third-order valence-corrected chi connectivity index (χ3v) is 6.03. The van der Waals surface area contributed by atoms with E-state index in [1.54, 1.807) is 0 Å². The highest BCUT2D eigenvalue weighted by Crippen LogP contribution is 2.39. The monoisotopic (exact) mass is 257 g/mol. The molecule has 2 saturated carbocycles. The highest BCUT2D eigenvalue weighted by atomic mass is 32.2. The number of aliphatic hydroxyl groups is 1. The van der Waals surface area contributed by atoms with E-state index in [-0.39, 0.29) is 6.10 Å². The summed E-state index contributed by atoms with van der Waals surface area (Å²) < 4.78 is 0.464. The zero-order valence-corrected chi connectivity index (χ0v) is 11.9. The van der Waals surface area contributed by atoms with Crippen LogP contribution < -0.4 is 5.32 Å². The zero-order valence-electron chi connectivity index (χ0n) is 11.1. The lowest BCUT2D eigenvalue weighted by atomic mass is 10.0. The lowest BCUT2D eigenvalue weighted by Gasteiger charge is -2.31. The van der Waals surface area contributed by atoms with Gasteiger partial charge in [-0.05, 0) is 31.9 Å². The molecule has 2 aliphatic rings. The van der Waals surface area contributed by atoms with Gasteiger partial charge < -0.3 is 10.4 Å². The molecule has 0 aliphatic heterocycles. The van der Waals surface area contributed by atoms with Crippen LogP contribution >= 0.6 is 11.8 Å². The molecular formula is C14H27NOS. The minimum absolute atomic E-state index is 0.113. The Hall–Kier alpha value is 0.270. The molecule has 0 aromatic heterocycles. The highest BCUT2D eigenvalue weighted by molar-refractivity contribution is 8.00. The van der Waals surface area contributed by atoms with Gasteiger partial charge in [0.15, 0.2) is 0 Å². The Kier molecular flexibility index (Phi) is 5.19. The van der Waals surface area contributed by atoms with Crippen LogP contribution in [0.4, 0.5) is 0 Å². The van der Waals surface area contributed by atoms with Gasteiger partial charge in [-0.2, -0.15) is 11.8 Å². The van der Waals surface area contributed by atoms with E-state index in [0.717, 1.165) is 19.4 Å². The molecule has 0 aromatic carbocycles. The average molecular weight is 257 g/mol. The summed E-state index contributed by atoms with van der Waals surface area (Å²) in [4.78, 5) is 0. The minimum Gasteiger partial charge on any atom is -0.392 e. The average Bonchev–Trinajstić information content (AvgIpc) is 2.72. The molecule has 100 valence electrons. The van der Waals surface area contributed by atoms with Crippen molar-refractivity contribution in [1.29, 1.82) is 0 Å². The van der Waals surface area contributed by atoms with E-state index in [9.17, 15) is 5.11 Å². The van der Waals surface area contributed by atoms with Crippen LogP contribution in [0, 0.1) is 0 Å². The molecule has 2 fully saturated rings. The Morgan fingerprint density at radius 1 is 1.12 bits per heavy atom. The molecule has 0 heterocycles. The summed E-state index contributed by atoms with van der Waals surface area (Å²) in [7, 11) is 0. The van der Waals surface area contributed by atoms with Crippen molar-refractivity contribution >= 4 is 11.8 Å². The third kappa shape index (κ3) is 3.62. The SMILES string of the molecule is CSC1(CNC2CCCCCC2O)CCCC1. The van der Waals surface area contributed by atoms with Crippen LogP contribution in [0.3, 0.4) is 0 Å². The molecule has 0 amide bonds. The van der Waals surface area contributed by atoms with Gasteiger partial charge in [0.25, 0.3) is 0 Å². The third-order valence-electron chi connectivity index (χ3n) is 4.61. The second-order valence-electron chi connectivity index (χ2n) is 5.79. The molecule has 2 aliphatic carbocycles. The van der Waals surface area contributed by atoms with Crippen molar-refractivity contribution in [1.82, 2.24) is 5.32 Å². The van der Waals surface area contributed by atoms with Crippen molar-refractivity contribution in [3.05, 3.63) is 0 Å². The van der Waals surface area contributed by atoms with E-state index in [2.05, 4.69) is 11.6 Å². The summed E-state index contributed by atoms with van der Waals surface area (Å²) in [5, 5.41) is 13.8. The number of hydrogen-bond donors (Lipinski definition) is 2. The van der Waals surface area contributed by atoms with Crippen LogP contribution in [0.25, 0.3) is 0 Å². The van der Waals surface area contributed by atoms with Gasteiger partial charge in [0, 0.05) is 17.3 Å². The summed E-state index contributed by atoms with van der Waals surface area (Å²) in [6, 6.07) is 0.349. The van der Waals surface area contributed by atoms with Crippen molar-refractivity contribution < 1.29 is 5.11 Å². The fourth-order valence-corrected chi connectivity index (χ4v) is 4.24. The molecule has 0 radical (unpaired) electrons. The molecular weight excluding hydrogens is 230 g/mol. The van der Waals surface area contributed by atoms with Crippen LogP contribution in [-0.4, -0.2) is 34.8 Å². The smallest absolute Gasteiger partial charge is 0.0693 e. The molecule has 3 heteroatoms. The summed E-state index contributed by atoms with van der Waals surface area (Å²) in [5.41, 5.74) is 0. The van der Waals surface area contributed by atoms with E-state index >= 15 is 0 Å². The molecule has 0 aromatic rings. The van der Waals surface area contributed by atoms with Gasteiger partial charge in [0.2, 0.25) is 0 Å². The van der Waals surface area contributed by atoms with Crippen LogP contribution in [0.5, 0.6) is 0 Å². The minimum atomic E-state index is -0.113. The predicted octanol–water partition coefficient (Wildman–Crippen LogP) is 2.95. The van der Waals surface area contributed by atoms with Crippen LogP contribution in [0.15, 0.2) is 0 Å². The quantitative estimate of drug-likeness (QED) is 0.760. The van der Waals surface area contributed by atoms with E-state index in [0.29, 0.717) is 10.8 Å². The van der Waals surface area contributed by atoms with E-state index in [1.807, 2.05) is 11.8 Å². The number of aliphatic hydroxyl groups excluding tert-OH is 1. The highest BCUT2D eigenvalue weighted by Gasteiger charge is 2.34. The number of thioether (sulfide) groups is 1. The summed E-state index contributed by atoms with van der Waals surface area (Å²) in [5.74, 6) is 0. The molecule has 2 N–H and O–H groups in total. The Morgan fingerprint density at radius 2 is 1.82 bits per heavy atom. The van der Waals surface area contributed by atoms with Crippen molar-refractivity contribution in [3.8, 4) is 0 Å². The van der Waals surface area contributed by atoms with E-state index < -0.39 is 0 Å². The van der Waals surface area contributed by atoms with Crippen molar-refractivity contribution in [2.24, 2.45) is 0 Å². The zero-order chi connectivity index (χ0) is 12.1. The second-order valence-corrected chi connectivity index (χ2v) is 7.06. The van der Waals surface area contributed by atoms with Gasteiger partial charge >= 0.3 is 0 Å². The first kappa shape index (κ1) is 13.7. The number of nitrogens with one attached hydrogen (secondary N) is 1. The van der Waals surface area contributed by atoms with Crippen LogP contribution in [-0.2, 0) is 0 Å². The van der Waals surface area contributed by atoms with E-state index in [1.165, 1.54) is 44.9 Å². The summed E-state index contributed by atoms with van der Waals surface area (Å²) >= 11 is 2.03. The standard InChI is InChI=1S/C14H27NOS/c1-17-14(9-5-6-10-14)11-15-12-7-3-2-4-8-13(12)16/h12-13,15-16H,2-11H2,1H3. The maximum absolute atomic E-state index is 10.1. The van der Waals surface area contributed by atoms with Gasteiger partial charge in [0.05, 0.1) is 6.10 Å². The summed E-state index contributed by atoms with van der Waals surface area (Å²) in [6.45, 7) is 1.09. The topological polar surface area (TPSA) is 32.3 Å². The molecule has 2 unspecified atom stereocenters. The normalized spacial score (nSPS) is 33.5. The van der Waals surface area contributed by atoms with Gasteiger partial charge in [-0.1, -0.05) is 32.1 Å². The molecule has 2 nitrogen and oxygen atoms in total. The molecule has 2 atom stereocenters. The van der Waals surface area contributed by atoms with Crippen molar-refractivity contribution in [2.45, 2.75) is 74.7 Å². The molecule has 2 rings (SSSR count). The lowest BCUT2D eigenvalue weighted by Crippen LogP contribution is -2.45. The van der Waals surface area contributed by atoms with Crippen LogP contribution in [0.1, 0.15) is 57.8 Å². The lowest BCUT2D eigenvalue weighted by molar-refractivity contribution is 0.119. The van der Waals surface area contributed by atoms with E-state index in [4.69, 9.17) is 0 Å². The first-order valence-corrected chi connectivity index (χ1v) is 8.45. The number of rotatable bonds is 4. The van der Waals surface area contributed by atoms with Gasteiger partial charge in [-0.25, -0.2) is 0 Å². The molecule has 0 bridgehead atoms. The Labute approximate surface area is 110 Å². The van der Waals surface area contributed by atoms with Crippen LogP contribution in [0.2, 0.25) is 0 Å². The number of hydrogen-bond acceptors (Lipinski definition) is 3. The summed E-state index contributed by atoms with van der Waals surface area (Å²) in [6.07, 6.45) is 13.5. The predicted molar refractivity (Wildman–Crippen MR) is 75.6 cm³/mol. The first-order chi connectivity index (χ1) is 8.26. The maximum atomic E-state index is 10.1. The van der Waals surface area contributed by atoms with Gasteiger partial charge in [-0.3, -0.25) is 0 Å². The Balaban J connectivity index is 1.83. The first-order valence-electron chi connectivity index (χ1n) is 7.22. The Bertz CT molecular complexity index is 228. The maximum Gasteiger partial charge on any atom is 0.0693 e. The molecule has 0 saturated heterocycles. The fourth-order valence-electron chi connectivity index (χ4n) is 3.32.